The fourth-order valence-corrected chi connectivity index (χ4v) is 5.85. The average Bonchev–Trinajstić information content (AvgIpc) is 3.42. The first kappa shape index (κ1) is 33.2. The van der Waals surface area contributed by atoms with Crippen molar-refractivity contribution in [3.8, 4) is 11.3 Å². The summed E-state index contributed by atoms with van der Waals surface area (Å²) < 4.78 is 27.2. The molecule has 0 fully saturated rings. The van der Waals surface area contributed by atoms with Gasteiger partial charge in [0.2, 0.25) is 6.41 Å². The van der Waals surface area contributed by atoms with Crippen LogP contribution in [-0.2, 0) is 11.2 Å². The van der Waals surface area contributed by atoms with Crippen LogP contribution < -0.4 is 10.5 Å². The first-order chi connectivity index (χ1) is 21.4. The summed E-state index contributed by atoms with van der Waals surface area (Å²) >= 11 is 8.47. The summed E-state index contributed by atoms with van der Waals surface area (Å²) in [5.74, 6) is -0.392. The quantitative estimate of drug-likeness (QED) is 0.105. The topological polar surface area (TPSA) is 84.1 Å². The highest BCUT2D eigenvalue weighted by Crippen LogP contribution is 2.35. The van der Waals surface area contributed by atoms with E-state index in [0.717, 1.165) is 53.2 Å². The predicted molar refractivity (Wildman–Crippen MR) is 177 cm³/mol. The molecule has 0 unspecified atom stereocenters. The largest absolute Gasteiger partial charge is 0.306 e. The van der Waals surface area contributed by atoms with Crippen molar-refractivity contribution in [1.29, 1.82) is 0 Å². The van der Waals surface area contributed by atoms with Crippen molar-refractivity contribution >= 4 is 46.4 Å². The van der Waals surface area contributed by atoms with Crippen LogP contribution in [0.3, 0.4) is 0 Å². The molecule has 0 aliphatic carbocycles. The van der Waals surface area contributed by atoms with Crippen LogP contribution in [-0.4, -0.2) is 41.4 Å². The molecule has 0 bridgehead atoms. The number of aromatic nitrogens is 2. The summed E-state index contributed by atoms with van der Waals surface area (Å²) in [5.41, 5.74) is 4.72. The van der Waals surface area contributed by atoms with Gasteiger partial charge >= 0.3 is 0 Å². The Morgan fingerprint density at radius 3 is 2.14 bits per heavy atom. The third-order valence-corrected chi connectivity index (χ3v) is 8.58. The number of pyridine rings is 1. The van der Waals surface area contributed by atoms with E-state index in [9.17, 15) is 13.6 Å². The molecule has 5 rings (SSSR count). The van der Waals surface area contributed by atoms with Crippen LogP contribution in [0, 0.1) is 11.6 Å². The zero-order chi connectivity index (χ0) is 31.3. The van der Waals surface area contributed by atoms with Crippen molar-refractivity contribution in [2.75, 3.05) is 25.5 Å². The summed E-state index contributed by atoms with van der Waals surface area (Å²) in [6.45, 7) is 1.79. The van der Waals surface area contributed by atoms with Crippen molar-refractivity contribution in [3.05, 3.63) is 130 Å². The normalized spacial score (nSPS) is 10.9. The second-order valence-corrected chi connectivity index (χ2v) is 12.2. The number of rotatable bonds is 12. The zero-order valence-electron chi connectivity index (χ0n) is 24.0. The molecule has 228 valence electrons. The van der Waals surface area contributed by atoms with Gasteiger partial charge in [-0.1, -0.05) is 65.4 Å². The first-order valence-electron chi connectivity index (χ1n) is 13.8. The minimum Gasteiger partial charge on any atom is -0.306 e. The summed E-state index contributed by atoms with van der Waals surface area (Å²) in [7, 11) is 2.09. The molecule has 2 heterocycles. The molecule has 11 heteroatoms. The molecule has 0 saturated heterocycles. The first-order valence-corrected chi connectivity index (χ1v) is 15.9. The number of nitrogens with zero attached hydrogens (tertiary/aromatic N) is 3. The monoisotopic (exact) mass is 651 g/mol. The number of carbonyl (C=O) groups excluding carboxylic acids is 1. The van der Waals surface area contributed by atoms with E-state index in [1.807, 2.05) is 72.9 Å². The third-order valence-electron chi connectivity index (χ3n) is 6.85. The number of hydrogen-bond donors (Lipinski definition) is 2. The average molecular weight is 652 g/mol. The highest BCUT2D eigenvalue weighted by atomic mass is 35.5. The number of benzene rings is 3. The van der Waals surface area contributed by atoms with Crippen molar-refractivity contribution < 1.29 is 13.6 Å². The van der Waals surface area contributed by atoms with Gasteiger partial charge in [-0.2, -0.15) is 0 Å². The maximum atomic E-state index is 13.3. The van der Waals surface area contributed by atoms with Gasteiger partial charge in [0.05, 0.1) is 0 Å². The van der Waals surface area contributed by atoms with E-state index in [4.69, 9.17) is 16.7 Å². The van der Waals surface area contributed by atoms with Crippen molar-refractivity contribution in [1.82, 2.24) is 14.9 Å². The summed E-state index contributed by atoms with van der Waals surface area (Å²) in [6.07, 6.45) is 4.16. The minimum absolute atomic E-state index is 0.100. The highest BCUT2D eigenvalue weighted by molar-refractivity contribution is 7.97. The van der Waals surface area contributed by atoms with Gasteiger partial charge in [0.25, 0.3) is 0 Å². The molecular formula is C33H32ClF2N5OS2. The summed E-state index contributed by atoms with van der Waals surface area (Å²) in [4.78, 5) is 22.1. The molecule has 0 atom stereocenters. The van der Waals surface area contributed by atoms with Crippen molar-refractivity contribution in [2.24, 2.45) is 5.14 Å². The lowest BCUT2D eigenvalue weighted by molar-refractivity contribution is -0.105. The van der Waals surface area contributed by atoms with Gasteiger partial charge in [0, 0.05) is 41.2 Å². The molecule has 3 aromatic carbocycles. The molecule has 44 heavy (non-hydrogen) atoms. The Labute approximate surface area is 269 Å². The molecule has 5 aromatic rings. The van der Waals surface area contributed by atoms with Crippen LogP contribution in [0.5, 0.6) is 0 Å². The maximum absolute atomic E-state index is 13.3. The van der Waals surface area contributed by atoms with Crippen LogP contribution in [0.1, 0.15) is 29.2 Å². The van der Waals surface area contributed by atoms with Gasteiger partial charge in [-0.05, 0) is 91.6 Å². The SMILES string of the molecule is CN(CCc1ccccn1)CCC(c1ccc(F)cc1)c1ccc(F)cc1.NSc1ccc(-c2nc(NC=O)sc2Cl)cc1. The Balaban J connectivity index is 0.000000223. The van der Waals surface area contributed by atoms with Gasteiger partial charge in [-0.3, -0.25) is 14.9 Å². The Morgan fingerprint density at radius 1 is 0.955 bits per heavy atom. The van der Waals surface area contributed by atoms with E-state index in [-0.39, 0.29) is 17.6 Å². The number of halogens is 3. The Hall–Kier alpha value is -3.67. The molecule has 1 amide bonds. The molecule has 0 aliphatic heterocycles. The van der Waals surface area contributed by atoms with E-state index in [2.05, 4.69) is 27.2 Å². The molecule has 0 saturated carbocycles. The van der Waals surface area contributed by atoms with E-state index >= 15 is 0 Å². The molecular weight excluding hydrogens is 620 g/mol. The molecule has 6 nitrogen and oxygen atoms in total. The number of likely N-dealkylation sites (N-methyl/N-ethyl adjacent to an activating group) is 1. The van der Waals surface area contributed by atoms with Gasteiger partial charge < -0.3 is 10.2 Å². The van der Waals surface area contributed by atoms with E-state index < -0.39 is 0 Å². The number of nitrogens with one attached hydrogen (secondary N) is 1. The van der Waals surface area contributed by atoms with Crippen molar-refractivity contribution in [2.45, 2.75) is 23.7 Å². The van der Waals surface area contributed by atoms with E-state index in [1.54, 1.807) is 0 Å². The molecule has 0 radical (unpaired) electrons. The maximum Gasteiger partial charge on any atom is 0.213 e. The molecule has 2 aromatic heterocycles. The second kappa shape index (κ2) is 17.0. The van der Waals surface area contributed by atoms with Gasteiger partial charge in [0.15, 0.2) is 5.13 Å². The lowest BCUT2D eigenvalue weighted by atomic mass is 9.88. The fourth-order valence-electron chi connectivity index (χ4n) is 4.51. The fraction of sp³-hybridized carbons (Fsp3) is 0.182. The van der Waals surface area contributed by atoms with E-state index in [0.29, 0.717) is 21.6 Å². The number of hydrogen-bond acceptors (Lipinski definition) is 7. The van der Waals surface area contributed by atoms with Gasteiger partial charge in [-0.15, -0.1) is 0 Å². The number of carbonyl (C=O) groups is 1. The van der Waals surface area contributed by atoms with Gasteiger partial charge in [0.1, 0.15) is 21.7 Å². The summed E-state index contributed by atoms with van der Waals surface area (Å²) in [5, 5.41) is 8.40. The number of nitrogens with two attached hydrogens (primary N) is 1. The lowest BCUT2D eigenvalue weighted by Crippen LogP contribution is -2.24. The number of thiazole rings is 1. The Kier molecular flexibility index (Phi) is 12.8. The molecule has 3 N–H and O–H groups in total. The highest BCUT2D eigenvalue weighted by Gasteiger charge is 2.16. The Bertz CT molecular complexity index is 1540. The zero-order valence-corrected chi connectivity index (χ0v) is 26.4. The van der Waals surface area contributed by atoms with Gasteiger partial charge in [-0.25, -0.2) is 13.8 Å². The minimum atomic E-state index is -0.246. The van der Waals surface area contributed by atoms with Crippen molar-refractivity contribution in [3.63, 3.8) is 0 Å². The second-order valence-electron chi connectivity index (χ2n) is 9.86. The summed E-state index contributed by atoms with van der Waals surface area (Å²) in [6, 6.07) is 26.7. The molecule has 0 spiro atoms. The third kappa shape index (κ3) is 9.93. The smallest absolute Gasteiger partial charge is 0.213 e. The predicted octanol–water partition coefficient (Wildman–Crippen LogP) is 8.05. The number of anilines is 1. The lowest BCUT2D eigenvalue weighted by Gasteiger charge is -2.22. The standard InChI is InChI=1S/C23H24F2N2.C10H8ClN3OS2/c1-27(16-13-22-4-2-3-15-26-22)17-14-23(18-5-9-20(24)10-6-18)19-7-11-21(25)12-8-19;11-9-8(14-10(16-9)13-5-15)6-1-3-7(17-12)4-2-6/h2-12,15,23H,13-14,16-17H2,1H3;1-5H,12H2,(H,13,14,15). The van der Waals surface area contributed by atoms with Crippen LogP contribution in [0.25, 0.3) is 11.3 Å². The van der Waals surface area contributed by atoms with Crippen LogP contribution >= 0.6 is 34.9 Å². The Morgan fingerprint density at radius 2 is 1.59 bits per heavy atom. The van der Waals surface area contributed by atoms with E-state index in [1.165, 1.54) is 47.6 Å². The van der Waals surface area contributed by atoms with Crippen LogP contribution in [0.4, 0.5) is 13.9 Å². The van der Waals surface area contributed by atoms with Crippen LogP contribution in [0.2, 0.25) is 4.34 Å². The molecule has 0 aliphatic rings. The number of amides is 1. The van der Waals surface area contributed by atoms with Crippen LogP contribution in [0.15, 0.2) is 102 Å².